The van der Waals surface area contributed by atoms with Crippen LogP contribution >= 0.6 is 11.3 Å². The van der Waals surface area contributed by atoms with E-state index < -0.39 is 0 Å². The lowest BCUT2D eigenvalue weighted by molar-refractivity contribution is 0.292. The second-order valence-corrected chi connectivity index (χ2v) is 7.15. The summed E-state index contributed by atoms with van der Waals surface area (Å²) in [4.78, 5) is 12.4. The van der Waals surface area contributed by atoms with Gasteiger partial charge >= 0.3 is 0 Å². The lowest BCUT2D eigenvalue weighted by Gasteiger charge is -2.21. The van der Waals surface area contributed by atoms with Gasteiger partial charge in [-0.3, -0.25) is 4.99 Å². The first kappa shape index (κ1) is 19.9. The second-order valence-electron chi connectivity index (χ2n) is 5.83. The van der Waals surface area contributed by atoms with E-state index in [0.717, 1.165) is 38.4 Å². The number of aryl methyl sites for hydroxylation is 1. The Hall–Kier alpha value is -1.14. The fraction of sp³-hybridized carbons (Fsp3) is 0.765. The molecule has 1 aromatic rings. The van der Waals surface area contributed by atoms with E-state index in [2.05, 4.69) is 53.2 Å². The maximum absolute atomic E-state index is 4.39. The van der Waals surface area contributed by atoms with E-state index in [1.165, 1.54) is 22.9 Å². The van der Waals surface area contributed by atoms with Crippen molar-refractivity contribution in [2.75, 3.05) is 33.2 Å². The Labute approximate surface area is 145 Å². The van der Waals surface area contributed by atoms with Crippen molar-refractivity contribution >= 4 is 17.3 Å². The first-order valence-corrected chi connectivity index (χ1v) is 9.51. The molecule has 0 saturated carbocycles. The Bertz CT molecular complexity index is 454. The summed E-state index contributed by atoms with van der Waals surface area (Å²) in [6.45, 7) is 13.1. The minimum atomic E-state index is 0.430. The predicted octanol–water partition coefficient (Wildman–Crippen LogP) is 2.67. The number of guanidine groups is 1. The van der Waals surface area contributed by atoms with Gasteiger partial charge in [0.15, 0.2) is 5.96 Å². The molecule has 1 rings (SSSR count). The normalized spacial score (nSPS) is 13.4. The number of hydrogen-bond donors (Lipinski definition) is 2. The van der Waals surface area contributed by atoms with E-state index in [-0.39, 0.29) is 0 Å². The zero-order valence-electron chi connectivity index (χ0n) is 15.4. The van der Waals surface area contributed by atoms with Gasteiger partial charge in [0.2, 0.25) is 0 Å². The minimum Gasteiger partial charge on any atom is -0.356 e. The molecule has 0 aliphatic heterocycles. The highest BCUT2D eigenvalue weighted by Gasteiger charge is 2.07. The third kappa shape index (κ3) is 8.32. The summed E-state index contributed by atoms with van der Waals surface area (Å²) in [5, 5.41) is 8.02. The molecular formula is C17H33N5S. The van der Waals surface area contributed by atoms with Crippen molar-refractivity contribution in [3.63, 3.8) is 0 Å². The lowest BCUT2D eigenvalue weighted by Crippen LogP contribution is -2.43. The summed E-state index contributed by atoms with van der Waals surface area (Å²) < 4.78 is 0. The van der Waals surface area contributed by atoms with Gasteiger partial charge in [-0.05, 0) is 46.3 Å². The predicted molar refractivity (Wildman–Crippen MR) is 102 cm³/mol. The molecule has 0 bridgehead atoms. The number of rotatable bonds is 10. The molecule has 23 heavy (non-hydrogen) atoms. The number of aromatic nitrogens is 1. The average Bonchev–Trinajstić information content (AvgIpc) is 2.96. The van der Waals surface area contributed by atoms with Crippen LogP contribution in [0.3, 0.4) is 0 Å². The first-order chi connectivity index (χ1) is 11.1. The molecule has 0 radical (unpaired) electrons. The van der Waals surface area contributed by atoms with E-state index in [9.17, 15) is 0 Å². The van der Waals surface area contributed by atoms with Crippen LogP contribution in [-0.4, -0.2) is 55.1 Å². The van der Waals surface area contributed by atoms with Gasteiger partial charge in [-0.1, -0.05) is 13.8 Å². The van der Waals surface area contributed by atoms with Crippen LogP contribution in [0.25, 0.3) is 0 Å². The van der Waals surface area contributed by atoms with Crippen LogP contribution in [-0.2, 0) is 6.42 Å². The van der Waals surface area contributed by atoms with E-state index >= 15 is 0 Å². The van der Waals surface area contributed by atoms with Crippen molar-refractivity contribution in [2.45, 2.75) is 53.0 Å². The first-order valence-electron chi connectivity index (χ1n) is 8.69. The van der Waals surface area contributed by atoms with Crippen molar-refractivity contribution in [1.82, 2.24) is 20.5 Å². The molecule has 0 saturated heterocycles. The summed E-state index contributed by atoms with van der Waals surface area (Å²) in [7, 11) is 1.82. The quantitative estimate of drug-likeness (QED) is 0.508. The average molecular weight is 340 g/mol. The molecule has 0 aliphatic carbocycles. The van der Waals surface area contributed by atoms with Crippen molar-refractivity contribution < 1.29 is 0 Å². The molecular weight excluding hydrogens is 306 g/mol. The van der Waals surface area contributed by atoms with Gasteiger partial charge in [0, 0.05) is 37.1 Å². The minimum absolute atomic E-state index is 0.430. The summed E-state index contributed by atoms with van der Waals surface area (Å²) in [5.74, 6) is 0.883. The molecule has 5 nitrogen and oxygen atoms in total. The summed E-state index contributed by atoms with van der Waals surface area (Å²) in [6.07, 6.45) is 5.24. The Morgan fingerprint density at radius 1 is 1.39 bits per heavy atom. The fourth-order valence-electron chi connectivity index (χ4n) is 2.47. The van der Waals surface area contributed by atoms with Gasteiger partial charge < -0.3 is 15.5 Å². The smallest absolute Gasteiger partial charge is 0.191 e. The number of aliphatic imine (C=N–C) groups is 1. The zero-order chi connectivity index (χ0) is 17.1. The van der Waals surface area contributed by atoms with Gasteiger partial charge in [0.05, 0.1) is 5.01 Å². The van der Waals surface area contributed by atoms with Crippen molar-refractivity contribution in [2.24, 2.45) is 4.99 Å². The number of nitrogens with zero attached hydrogens (tertiary/aromatic N) is 3. The third-order valence-corrected chi connectivity index (χ3v) is 4.89. The van der Waals surface area contributed by atoms with E-state index in [0.29, 0.717) is 6.04 Å². The fourth-order valence-corrected chi connectivity index (χ4v) is 3.25. The molecule has 0 aliphatic rings. The molecule has 1 atom stereocenters. The van der Waals surface area contributed by atoms with Crippen LogP contribution < -0.4 is 10.6 Å². The number of hydrogen-bond acceptors (Lipinski definition) is 4. The standard InChI is InChI=1S/C17H33N5S/c1-6-22(7-2)12-8-9-14(3)21-17(18-5)19-11-10-16-20-13-15(4)23-16/h13-14H,6-12H2,1-5H3,(H2,18,19,21). The Kier molecular flexibility index (Phi) is 9.87. The van der Waals surface area contributed by atoms with E-state index in [1.54, 1.807) is 11.3 Å². The zero-order valence-corrected chi connectivity index (χ0v) is 16.2. The van der Waals surface area contributed by atoms with Crippen molar-refractivity contribution in [3.8, 4) is 0 Å². The monoisotopic (exact) mass is 339 g/mol. The highest BCUT2D eigenvalue weighted by Crippen LogP contribution is 2.10. The summed E-state index contributed by atoms with van der Waals surface area (Å²) in [5.41, 5.74) is 0. The SMILES string of the molecule is CCN(CC)CCCC(C)NC(=NC)NCCc1ncc(C)s1. The second kappa shape index (κ2) is 11.4. The van der Waals surface area contributed by atoms with Crippen LogP contribution in [0.5, 0.6) is 0 Å². The Morgan fingerprint density at radius 2 is 2.13 bits per heavy atom. The molecule has 0 fully saturated rings. The van der Waals surface area contributed by atoms with Crippen LogP contribution in [0.15, 0.2) is 11.2 Å². The van der Waals surface area contributed by atoms with Gasteiger partial charge in [0.1, 0.15) is 0 Å². The van der Waals surface area contributed by atoms with Crippen LogP contribution in [0.4, 0.5) is 0 Å². The van der Waals surface area contributed by atoms with Crippen molar-refractivity contribution in [1.29, 1.82) is 0 Å². The summed E-state index contributed by atoms with van der Waals surface area (Å²) >= 11 is 1.76. The largest absolute Gasteiger partial charge is 0.356 e. The van der Waals surface area contributed by atoms with Crippen LogP contribution in [0.2, 0.25) is 0 Å². The highest BCUT2D eigenvalue weighted by atomic mass is 32.1. The molecule has 0 spiro atoms. The Morgan fingerprint density at radius 3 is 2.70 bits per heavy atom. The molecule has 132 valence electrons. The molecule has 1 aromatic heterocycles. The van der Waals surface area contributed by atoms with Crippen LogP contribution in [0, 0.1) is 6.92 Å². The van der Waals surface area contributed by atoms with Gasteiger partial charge in [-0.25, -0.2) is 4.98 Å². The highest BCUT2D eigenvalue weighted by molar-refractivity contribution is 7.11. The van der Waals surface area contributed by atoms with E-state index in [4.69, 9.17) is 0 Å². The van der Waals surface area contributed by atoms with Gasteiger partial charge in [-0.2, -0.15) is 0 Å². The summed E-state index contributed by atoms with van der Waals surface area (Å²) in [6, 6.07) is 0.430. The molecule has 6 heteroatoms. The maximum Gasteiger partial charge on any atom is 0.191 e. The Balaban J connectivity index is 2.21. The number of nitrogens with one attached hydrogen (secondary N) is 2. The molecule has 0 aromatic carbocycles. The third-order valence-electron chi connectivity index (χ3n) is 3.91. The topological polar surface area (TPSA) is 52.5 Å². The van der Waals surface area contributed by atoms with Crippen molar-refractivity contribution in [3.05, 3.63) is 16.1 Å². The van der Waals surface area contributed by atoms with E-state index in [1.807, 2.05) is 13.2 Å². The molecule has 2 N–H and O–H groups in total. The maximum atomic E-state index is 4.39. The number of thiazole rings is 1. The molecule has 1 unspecified atom stereocenters. The molecule has 0 amide bonds. The van der Waals surface area contributed by atoms with Crippen LogP contribution in [0.1, 0.15) is 43.5 Å². The van der Waals surface area contributed by atoms with Gasteiger partial charge in [-0.15, -0.1) is 11.3 Å². The molecule has 1 heterocycles. The van der Waals surface area contributed by atoms with Gasteiger partial charge in [0.25, 0.3) is 0 Å². The lowest BCUT2D eigenvalue weighted by atomic mass is 10.2.